The van der Waals surface area contributed by atoms with Crippen LogP contribution in [0.25, 0.3) is 11.0 Å². The number of carbonyl (C=O) groups excluding carboxylic acids is 2. The number of nitrogen functional groups attached to an aromatic ring is 1. The minimum atomic E-state index is -5.73. The molecule has 12 N–H and O–H groups in total. The molecule has 2 amide bonds. The quantitative estimate of drug-likeness (QED) is 0.0236. The van der Waals surface area contributed by atoms with Crippen molar-refractivity contribution < 1.29 is 101 Å². The monoisotopic (exact) mass is 1040 g/mol. The lowest BCUT2D eigenvalue weighted by molar-refractivity contribution is -0.273. The largest absolute Gasteiger partial charge is 0.483 e. The van der Waals surface area contributed by atoms with E-state index in [1.807, 2.05) is 6.08 Å². The molecule has 1 saturated carbocycles. The summed E-state index contributed by atoms with van der Waals surface area (Å²) in [6.45, 7) is 6.98. The van der Waals surface area contributed by atoms with Crippen molar-refractivity contribution in [3.05, 3.63) is 35.4 Å². The first-order valence-electron chi connectivity index (χ1n) is 22.7. The Labute approximate surface area is 401 Å². The van der Waals surface area contributed by atoms with E-state index >= 15 is 0 Å². The van der Waals surface area contributed by atoms with Gasteiger partial charge in [0.1, 0.15) is 48.5 Å². The minimum absolute atomic E-state index is 0.0335. The number of rotatable bonds is 32. The van der Waals surface area contributed by atoms with Crippen LogP contribution in [0.15, 0.2) is 29.8 Å². The Morgan fingerprint density at radius 3 is 2.16 bits per heavy atom. The number of anilines is 1. The van der Waals surface area contributed by atoms with Gasteiger partial charge in [-0.25, -0.2) is 18.9 Å². The molecule has 30 heteroatoms. The molecular formula is C40H66N6O22P2. The molecule has 398 valence electrons. The molecule has 2 aromatic rings. The maximum Gasteiger partial charge on any atom is 0.483 e. The van der Waals surface area contributed by atoms with Gasteiger partial charge in [0, 0.05) is 25.6 Å². The second-order valence-electron chi connectivity index (χ2n) is 16.6. The van der Waals surface area contributed by atoms with Crippen LogP contribution in [0, 0.1) is 17.8 Å². The highest BCUT2D eigenvalue weighted by atomic mass is 31.3. The number of hydrogen-bond acceptors (Lipinski definition) is 22. The first-order chi connectivity index (χ1) is 33.4. The van der Waals surface area contributed by atoms with Gasteiger partial charge in [-0.3, -0.25) is 18.6 Å². The molecule has 14 atom stereocenters. The number of nitrogens with one attached hydrogen (secondary N) is 3. The highest BCUT2D eigenvalue weighted by molar-refractivity contribution is 7.61. The lowest BCUT2D eigenvalue weighted by Crippen LogP contribution is -2.60. The third-order valence-corrected chi connectivity index (χ3v) is 14.2. The number of ether oxygens (including phenoxy) is 7. The molecule has 3 aliphatic rings. The van der Waals surface area contributed by atoms with Gasteiger partial charge in [0.25, 0.3) is 5.56 Å². The van der Waals surface area contributed by atoms with Gasteiger partial charge in [-0.1, -0.05) is 25.8 Å². The standard InChI is InChI=1S/C40H66N6O22P2/c1-3-5-7-24-23(6-4-2)25(24)20-63-40(54)42-9-11-60-13-15-62-17-16-61-14-12-59-10-8-30(47)43-19-27-32(48)34(50)36(52)39(66-27)67-70(57,58)68-69(55,56)64-21-28-33(49)35(51)38(65-28)46-22-44-31-26(46)18-29(41)45-37(31)53/h3,18,22-25,27-28,32-36,38-39,48-52H,1,4-17,19-21H2,2H3,(H,42,54)(H,43,47)(H,55,56)(H,57,58)(H3,41,45,53)/t23-,24+,25-,27?,28+,32+,33?,34?,35?,36?,38+,39+/m0/s1. The summed E-state index contributed by atoms with van der Waals surface area (Å²) in [5.74, 6) is 0.993. The van der Waals surface area contributed by atoms with E-state index in [1.165, 1.54) is 10.6 Å². The third-order valence-electron chi connectivity index (χ3n) is 11.6. The van der Waals surface area contributed by atoms with E-state index in [0.29, 0.717) is 57.3 Å². The number of H-pyrrole nitrogens is 1. The van der Waals surface area contributed by atoms with Crippen molar-refractivity contribution in [1.29, 1.82) is 0 Å². The van der Waals surface area contributed by atoms with Gasteiger partial charge in [-0.15, -0.1) is 6.58 Å². The van der Waals surface area contributed by atoms with Crippen LogP contribution in [-0.4, -0.2) is 190 Å². The Morgan fingerprint density at radius 2 is 1.49 bits per heavy atom. The van der Waals surface area contributed by atoms with Crippen LogP contribution in [0.4, 0.5) is 10.6 Å². The van der Waals surface area contributed by atoms with Crippen LogP contribution < -0.4 is 21.9 Å². The fraction of sp³-hybridized carbons (Fsp3) is 0.750. The molecule has 0 bridgehead atoms. The van der Waals surface area contributed by atoms with Crippen molar-refractivity contribution in [2.24, 2.45) is 17.8 Å². The predicted molar refractivity (Wildman–Crippen MR) is 240 cm³/mol. The highest BCUT2D eigenvalue weighted by Crippen LogP contribution is 2.61. The molecule has 28 nitrogen and oxygen atoms in total. The van der Waals surface area contributed by atoms with Crippen LogP contribution in [0.5, 0.6) is 0 Å². The molecule has 0 radical (unpaired) electrons. The van der Waals surface area contributed by atoms with Gasteiger partial charge in [0.15, 0.2) is 18.0 Å². The fourth-order valence-electron chi connectivity index (χ4n) is 7.96. The summed E-state index contributed by atoms with van der Waals surface area (Å²) in [5.41, 5.74) is 5.09. The number of nitrogens with two attached hydrogens (primary N) is 1. The van der Waals surface area contributed by atoms with E-state index in [2.05, 4.69) is 38.4 Å². The number of pyridine rings is 1. The number of nitrogens with zero attached hydrogens (tertiary/aromatic N) is 2. The van der Waals surface area contributed by atoms with Gasteiger partial charge >= 0.3 is 21.7 Å². The van der Waals surface area contributed by atoms with Crippen molar-refractivity contribution in [2.75, 3.05) is 84.9 Å². The van der Waals surface area contributed by atoms with Crippen molar-refractivity contribution >= 4 is 44.5 Å². The van der Waals surface area contributed by atoms with Gasteiger partial charge in [0.2, 0.25) is 5.91 Å². The Balaban J connectivity index is 0.887. The number of phosphoric ester groups is 2. The molecule has 2 aliphatic heterocycles. The number of aliphatic hydroxyl groups excluding tert-OH is 5. The number of amides is 2. The average Bonchev–Trinajstić information content (AvgIpc) is 3.63. The Bertz CT molecular complexity index is 2140. The normalized spacial score (nSPS) is 29.3. The number of aromatic amines is 1. The van der Waals surface area contributed by atoms with E-state index in [0.717, 1.165) is 32.0 Å². The number of carbonyl (C=O) groups is 2. The van der Waals surface area contributed by atoms with Gasteiger partial charge in [-0.05, 0) is 30.6 Å². The highest BCUT2D eigenvalue weighted by Gasteiger charge is 2.51. The number of aliphatic hydroxyl groups is 5. The molecule has 1 aliphatic carbocycles. The van der Waals surface area contributed by atoms with Gasteiger partial charge < -0.3 is 94.4 Å². The van der Waals surface area contributed by atoms with Gasteiger partial charge in [-0.2, -0.15) is 4.31 Å². The summed E-state index contributed by atoms with van der Waals surface area (Å²) in [6.07, 6.45) is -9.61. The van der Waals surface area contributed by atoms with Crippen LogP contribution in [0.2, 0.25) is 0 Å². The molecule has 5 rings (SSSR count). The summed E-state index contributed by atoms with van der Waals surface area (Å²) in [5, 5.41) is 57.4. The third kappa shape index (κ3) is 17.1. The SMILES string of the molecule is C=CCC[C@@H]1[C@H](CCC)[C@@H]1COC(=O)NCCOCCOCCOCCOCCC(=O)NCC1O[C@H](OP(=O)(O)OP(=O)(O)OC[C@H]2O[C@@H](n3cnc4c(=O)[nH]c(N)cc43)C(O)C2O)C(O)C(O)[C@@H]1O. The Hall–Kier alpha value is -3.48. The molecule has 3 fully saturated rings. The zero-order chi connectivity index (χ0) is 51.0. The molecule has 2 saturated heterocycles. The number of allylic oxidation sites excluding steroid dienone is 1. The lowest BCUT2D eigenvalue weighted by atomic mass is 9.99. The van der Waals surface area contributed by atoms with E-state index < -0.39 is 102 Å². The fourth-order valence-corrected chi connectivity index (χ4v) is 10.1. The number of imidazole rings is 1. The Morgan fingerprint density at radius 1 is 0.843 bits per heavy atom. The van der Waals surface area contributed by atoms with Crippen molar-refractivity contribution in [2.45, 2.75) is 94.3 Å². The molecule has 4 heterocycles. The number of hydrogen-bond donors (Lipinski definition) is 11. The summed E-state index contributed by atoms with van der Waals surface area (Å²) < 4.78 is 78.3. The zero-order valence-corrected chi connectivity index (χ0v) is 40.3. The number of aromatic nitrogens is 3. The van der Waals surface area contributed by atoms with Crippen LogP contribution >= 0.6 is 15.6 Å². The maximum absolute atomic E-state index is 12.8. The maximum atomic E-state index is 12.8. The van der Waals surface area contributed by atoms with E-state index in [9.17, 15) is 58.8 Å². The smallest absolute Gasteiger partial charge is 0.449 e. The second kappa shape index (κ2) is 27.5. The van der Waals surface area contributed by atoms with Crippen LogP contribution in [0.3, 0.4) is 0 Å². The number of phosphoric acid groups is 2. The predicted octanol–water partition coefficient (Wildman–Crippen LogP) is -1.09. The summed E-state index contributed by atoms with van der Waals surface area (Å²) in [4.78, 5) is 63.4. The van der Waals surface area contributed by atoms with E-state index in [1.54, 1.807) is 0 Å². The number of fused-ring (bicyclic) bond motifs is 1. The molecule has 2 aromatic heterocycles. The summed E-state index contributed by atoms with van der Waals surface area (Å²) in [6, 6.07) is 1.31. The van der Waals surface area contributed by atoms with Gasteiger partial charge in [0.05, 0.1) is 77.9 Å². The average molecular weight is 1040 g/mol. The van der Waals surface area contributed by atoms with Crippen molar-refractivity contribution in [1.82, 2.24) is 25.2 Å². The second-order valence-corrected chi connectivity index (χ2v) is 19.6. The minimum Gasteiger partial charge on any atom is -0.449 e. The van der Waals surface area contributed by atoms with Crippen molar-refractivity contribution in [3.8, 4) is 0 Å². The first kappa shape index (κ1) is 57.4. The van der Waals surface area contributed by atoms with E-state index in [4.69, 9.17) is 47.9 Å². The zero-order valence-electron chi connectivity index (χ0n) is 38.5. The molecular weight excluding hydrogens is 978 g/mol. The first-order valence-corrected chi connectivity index (χ1v) is 25.7. The molecule has 0 spiro atoms. The molecule has 70 heavy (non-hydrogen) atoms. The summed E-state index contributed by atoms with van der Waals surface area (Å²) >= 11 is 0. The summed E-state index contributed by atoms with van der Waals surface area (Å²) in [7, 11) is -11.3. The topological polar surface area (TPSA) is 403 Å². The van der Waals surface area contributed by atoms with Crippen LogP contribution in [0.1, 0.15) is 45.3 Å². The number of alkyl carbamates (subject to hydrolysis) is 1. The van der Waals surface area contributed by atoms with E-state index in [-0.39, 0.29) is 49.7 Å². The lowest BCUT2D eigenvalue weighted by Gasteiger charge is -2.40. The molecule has 7 unspecified atom stereocenters. The van der Waals surface area contributed by atoms with Crippen molar-refractivity contribution in [3.63, 3.8) is 0 Å². The Kier molecular flexibility index (Phi) is 22.6. The molecule has 0 aromatic carbocycles. The van der Waals surface area contributed by atoms with Crippen LogP contribution in [-0.2, 0) is 60.4 Å².